The van der Waals surface area contributed by atoms with Gasteiger partial charge in [-0.25, -0.2) is 0 Å². The highest BCUT2D eigenvalue weighted by atomic mass is 16.5. The summed E-state index contributed by atoms with van der Waals surface area (Å²) in [5.74, 6) is -0.230. The van der Waals surface area contributed by atoms with Crippen LogP contribution in [0.25, 0.3) is 5.53 Å². The largest absolute Gasteiger partial charge is 0.466 e. The number of esters is 1. The van der Waals surface area contributed by atoms with Gasteiger partial charge in [0.05, 0.1) is 6.61 Å². The first-order valence-electron chi connectivity index (χ1n) is 4.06. The number of rotatable bonds is 6. The minimum atomic E-state index is -0.230. The Morgan fingerprint density at radius 2 is 2.25 bits per heavy atom. The van der Waals surface area contributed by atoms with Crippen molar-refractivity contribution in [2.45, 2.75) is 32.6 Å². The van der Waals surface area contributed by atoms with Gasteiger partial charge in [0.2, 0.25) is 0 Å². The number of hydrogen-bond donors (Lipinski definition) is 0. The van der Waals surface area contributed by atoms with E-state index < -0.39 is 0 Å². The Hall–Kier alpha value is -1.15. The molecule has 0 bridgehead atoms. The van der Waals surface area contributed by atoms with Gasteiger partial charge >= 0.3 is 5.97 Å². The zero-order valence-corrected chi connectivity index (χ0v) is 7.32. The molecule has 0 aliphatic rings. The van der Waals surface area contributed by atoms with Gasteiger partial charge in [0.25, 0.3) is 6.21 Å². The van der Waals surface area contributed by atoms with Gasteiger partial charge in [-0.15, -0.1) is 0 Å². The van der Waals surface area contributed by atoms with E-state index in [0.29, 0.717) is 6.61 Å². The molecular formula is C8H14N2O2. The summed E-state index contributed by atoms with van der Waals surface area (Å²) in [5, 5.41) is 0. The van der Waals surface area contributed by atoms with Crippen LogP contribution in [0.3, 0.4) is 0 Å². The van der Waals surface area contributed by atoms with Gasteiger partial charge < -0.3 is 10.3 Å². The SMILES string of the molecule is CC(=O)OCCCCCC=[N+]=[N-]. The Balaban J connectivity index is 3.00. The summed E-state index contributed by atoms with van der Waals surface area (Å²) in [6, 6.07) is 0. The van der Waals surface area contributed by atoms with Gasteiger partial charge in [-0.2, -0.15) is 4.79 Å². The fourth-order valence-corrected chi connectivity index (χ4v) is 0.788. The predicted octanol–water partition coefficient (Wildman–Crippen LogP) is 1.41. The van der Waals surface area contributed by atoms with Crippen LogP contribution in [0.2, 0.25) is 0 Å². The predicted molar refractivity (Wildman–Crippen MR) is 44.8 cm³/mol. The molecule has 0 aliphatic heterocycles. The Kier molecular flexibility index (Phi) is 7.19. The Morgan fingerprint density at radius 1 is 1.50 bits per heavy atom. The molecule has 0 heterocycles. The summed E-state index contributed by atoms with van der Waals surface area (Å²) in [6.07, 6.45) is 5.06. The van der Waals surface area contributed by atoms with Crippen LogP contribution >= 0.6 is 0 Å². The van der Waals surface area contributed by atoms with Crippen molar-refractivity contribution in [3.05, 3.63) is 5.53 Å². The standard InChI is InChI=1S/C8H14N2O2/c1-8(11)12-7-5-3-2-4-6-10-9/h6H,2-5,7H2,1H3. The second-order valence-corrected chi connectivity index (χ2v) is 2.49. The molecule has 12 heavy (non-hydrogen) atoms. The monoisotopic (exact) mass is 170 g/mol. The number of carbonyl (C=O) groups is 1. The van der Waals surface area contributed by atoms with E-state index in [1.165, 1.54) is 13.1 Å². The zero-order chi connectivity index (χ0) is 9.23. The average molecular weight is 170 g/mol. The third-order valence-electron chi connectivity index (χ3n) is 1.36. The molecule has 0 amide bonds. The summed E-state index contributed by atoms with van der Waals surface area (Å²) in [7, 11) is 0. The van der Waals surface area contributed by atoms with Gasteiger partial charge in [0, 0.05) is 13.3 Å². The van der Waals surface area contributed by atoms with Crippen molar-refractivity contribution in [1.29, 1.82) is 0 Å². The Labute approximate surface area is 72.2 Å². The van der Waals surface area contributed by atoms with Crippen LogP contribution in [0, 0.1) is 0 Å². The van der Waals surface area contributed by atoms with E-state index in [1.807, 2.05) is 0 Å². The highest BCUT2D eigenvalue weighted by Gasteiger charge is 1.93. The molecule has 0 N–H and O–H groups in total. The minimum absolute atomic E-state index is 0.230. The smallest absolute Gasteiger partial charge is 0.302 e. The van der Waals surface area contributed by atoms with Crippen LogP contribution in [-0.2, 0) is 9.53 Å². The highest BCUT2D eigenvalue weighted by Crippen LogP contribution is 1.97. The first kappa shape index (κ1) is 10.8. The van der Waals surface area contributed by atoms with Gasteiger partial charge in [-0.3, -0.25) is 4.79 Å². The van der Waals surface area contributed by atoms with E-state index in [4.69, 9.17) is 10.3 Å². The topological polar surface area (TPSA) is 62.7 Å². The number of hydrogen-bond acceptors (Lipinski definition) is 2. The second kappa shape index (κ2) is 7.95. The molecule has 0 aromatic rings. The first-order valence-corrected chi connectivity index (χ1v) is 4.06. The fraction of sp³-hybridized carbons (Fsp3) is 0.750. The molecule has 0 radical (unpaired) electrons. The number of unbranched alkanes of at least 4 members (excludes halogenated alkanes) is 3. The average Bonchev–Trinajstić information content (AvgIpc) is 2.02. The van der Waals surface area contributed by atoms with Crippen LogP contribution in [-0.4, -0.2) is 23.6 Å². The zero-order valence-electron chi connectivity index (χ0n) is 7.32. The van der Waals surface area contributed by atoms with E-state index >= 15 is 0 Å². The first-order chi connectivity index (χ1) is 5.77. The van der Waals surface area contributed by atoms with Gasteiger partial charge in [0.15, 0.2) is 0 Å². The molecule has 0 spiro atoms. The van der Waals surface area contributed by atoms with E-state index in [-0.39, 0.29) is 5.97 Å². The minimum Gasteiger partial charge on any atom is -0.466 e. The second-order valence-electron chi connectivity index (χ2n) is 2.49. The molecule has 0 aliphatic carbocycles. The summed E-state index contributed by atoms with van der Waals surface area (Å²) in [6.45, 7) is 1.89. The van der Waals surface area contributed by atoms with Crippen LogP contribution in [0.15, 0.2) is 0 Å². The molecule has 0 saturated carbocycles. The molecule has 0 atom stereocenters. The molecule has 0 fully saturated rings. The van der Waals surface area contributed by atoms with E-state index in [0.717, 1.165) is 25.7 Å². The van der Waals surface area contributed by atoms with Crippen LogP contribution in [0.4, 0.5) is 0 Å². The molecular weight excluding hydrogens is 156 g/mol. The maximum absolute atomic E-state index is 10.3. The van der Waals surface area contributed by atoms with E-state index in [9.17, 15) is 4.79 Å². The van der Waals surface area contributed by atoms with Crippen molar-refractivity contribution < 1.29 is 14.3 Å². The van der Waals surface area contributed by atoms with Crippen molar-refractivity contribution in [1.82, 2.24) is 0 Å². The molecule has 0 saturated heterocycles. The van der Waals surface area contributed by atoms with E-state index in [2.05, 4.69) is 4.79 Å². The van der Waals surface area contributed by atoms with Crippen LogP contribution < -0.4 is 0 Å². The molecule has 0 aromatic carbocycles. The molecule has 0 unspecified atom stereocenters. The lowest BCUT2D eigenvalue weighted by Gasteiger charge is -1.98. The lowest BCUT2D eigenvalue weighted by Crippen LogP contribution is -2.00. The molecule has 0 aromatic heterocycles. The Morgan fingerprint density at radius 3 is 2.83 bits per heavy atom. The van der Waals surface area contributed by atoms with Crippen molar-refractivity contribution >= 4 is 12.2 Å². The van der Waals surface area contributed by atoms with Crippen LogP contribution in [0.1, 0.15) is 32.6 Å². The maximum Gasteiger partial charge on any atom is 0.302 e. The van der Waals surface area contributed by atoms with Crippen molar-refractivity contribution in [3.8, 4) is 0 Å². The Bertz CT molecular complexity index is 168. The van der Waals surface area contributed by atoms with Gasteiger partial charge in [-0.1, -0.05) is 0 Å². The molecule has 68 valence electrons. The molecule has 0 rings (SSSR count). The molecule has 4 heteroatoms. The van der Waals surface area contributed by atoms with Gasteiger partial charge in [-0.05, 0) is 19.3 Å². The van der Waals surface area contributed by atoms with E-state index in [1.54, 1.807) is 0 Å². The van der Waals surface area contributed by atoms with Crippen molar-refractivity contribution in [2.24, 2.45) is 0 Å². The lowest BCUT2D eigenvalue weighted by atomic mass is 10.2. The third-order valence-corrected chi connectivity index (χ3v) is 1.36. The number of nitrogens with zero attached hydrogens (tertiary/aromatic N) is 2. The fourth-order valence-electron chi connectivity index (χ4n) is 0.788. The summed E-state index contributed by atoms with van der Waals surface area (Å²) >= 11 is 0. The summed E-state index contributed by atoms with van der Waals surface area (Å²) in [5.41, 5.74) is 8.04. The number of ether oxygens (including phenoxy) is 1. The lowest BCUT2D eigenvalue weighted by molar-refractivity contribution is -0.141. The summed E-state index contributed by atoms with van der Waals surface area (Å²) < 4.78 is 4.73. The maximum atomic E-state index is 10.3. The highest BCUT2D eigenvalue weighted by molar-refractivity contribution is 5.65. The number of carbonyl (C=O) groups excluding carboxylic acids is 1. The van der Waals surface area contributed by atoms with Crippen molar-refractivity contribution in [2.75, 3.05) is 6.61 Å². The van der Waals surface area contributed by atoms with Crippen LogP contribution in [0.5, 0.6) is 0 Å². The summed E-state index contributed by atoms with van der Waals surface area (Å²) in [4.78, 5) is 13.2. The van der Waals surface area contributed by atoms with Gasteiger partial charge in [0.1, 0.15) is 0 Å². The normalized spacial score (nSPS) is 8.75. The van der Waals surface area contributed by atoms with Crippen molar-refractivity contribution in [3.63, 3.8) is 0 Å². The molecule has 4 nitrogen and oxygen atoms in total. The quantitative estimate of drug-likeness (QED) is 0.199. The third kappa shape index (κ3) is 8.85.